The second kappa shape index (κ2) is 5.37. The van der Waals surface area contributed by atoms with Crippen LogP contribution in [-0.2, 0) is 13.5 Å². The van der Waals surface area contributed by atoms with Gasteiger partial charge in [-0.3, -0.25) is 4.68 Å². The van der Waals surface area contributed by atoms with Crippen LogP contribution < -0.4 is 5.32 Å². The van der Waals surface area contributed by atoms with Crippen LogP contribution in [-0.4, -0.2) is 26.3 Å². The summed E-state index contributed by atoms with van der Waals surface area (Å²) in [6.45, 7) is 5.07. The molecule has 2 aromatic rings. The van der Waals surface area contributed by atoms with Crippen molar-refractivity contribution in [1.82, 2.24) is 25.1 Å². The Balaban J connectivity index is 2.15. The van der Waals surface area contributed by atoms with Crippen LogP contribution in [0.25, 0.3) is 0 Å². The zero-order valence-electron chi connectivity index (χ0n) is 10.3. The Labute approximate surface area is 105 Å². The van der Waals surface area contributed by atoms with Gasteiger partial charge in [0.25, 0.3) is 0 Å². The third-order valence-electron chi connectivity index (χ3n) is 2.62. The number of rotatable bonds is 5. The fraction of sp³-hybridized carbons (Fsp3) is 0.545. The van der Waals surface area contributed by atoms with Crippen LogP contribution in [0.2, 0.25) is 0 Å². The first-order chi connectivity index (χ1) is 8.20. The lowest BCUT2D eigenvalue weighted by Gasteiger charge is -2.15. The molecule has 0 bridgehead atoms. The van der Waals surface area contributed by atoms with E-state index in [4.69, 9.17) is 0 Å². The van der Waals surface area contributed by atoms with E-state index in [1.165, 1.54) is 4.88 Å². The average molecular weight is 251 g/mol. The number of aryl methyl sites for hydroxylation is 2. The summed E-state index contributed by atoms with van der Waals surface area (Å²) in [5.74, 6) is 0.988. The number of likely N-dealkylation sites (N-methyl/N-ethyl adjacent to an activating group) is 1. The van der Waals surface area contributed by atoms with Crippen molar-refractivity contribution >= 4 is 11.3 Å². The molecule has 1 N–H and O–H groups in total. The highest BCUT2D eigenvalue weighted by Gasteiger charge is 2.16. The van der Waals surface area contributed by atoms with Crippen molar-refractivity contribution in [3.05, 3.63) is 28.2 Å². The average Bonchev–Trinajstić information content (AvgIpc) is 2.88. The van der Waals surface area contributed by atoms with E-state index in [2.05, 4.69) is 27.3 Å². The topological polar surface area (TPSA) is 55.6 Å². The molecular weight excluding hydrogens is 234 g/mol. The second-order valence-electron chi connectivity index (χ2n) is 3.90. The third-order valence-corrected chi connectivity index (χ3v) is 3.65. The van der Waals surface area contributed by atoms with Gasteiger partial charge in [0.2, 0.25) is 0 Å². The first-order valence-corrected chi connectivity index (χ1v) is 6.51. The first kappa shape index (κ1) is 12.2. The predicted molar refractivity (Wildman–Crippen MR) is 68.0 cm³/mol. The van der Waals surface area contributed by atoms with E-state index in [0.717, 1.165) is 23.8 Å². The molecular formula is C11H17N5S. The summed E-state index contributed by atoms with van der Waals surface area (Å²) in [5, 5.41) is 8.66. The lowest BCUT2D eigenvalue weighted by molar-refractivity contribution is 0.528. The molecule has 0 aromatic carbocycles. The second-order valence-corrected chi connectivity index (χ2v) is 5.16. The summed E-state index contributed by atoms with van der Waals surface area (Å²) in [5.41, 5.74) is 0. The summed E-state index contributed by atoms with van der Waals surface area (Å²) >= 11 is 1.73. The molecule has 2 rings (SSSR count). The van der Waals surface area contributed by atoms with Gasteiger partial charge in [-0.25, -0.2) is 9.97 Å². The Hall–Kier alpha value is -1.27. The Morgan fingerprint density at radius 1 is 1.47 bits per heavy atom. The maximum Gasteiger partial charge on any atom is 0.138 e. The van der Waals surface area contributed by atoms with Gasteiger partial charge >= 0.3 is 0 Å². The van der Waals surface area contributed by atoms with Crippen molar-refractivity contribution < 1.29 is 0 Å². The fourth-order valence-corrected chi connectivity index (χ4v) is 2.61. The van der Waals surface area contributed by atoms with Crippen LogP contribution in [0.4, 0.5) is 0 Å². The van der Waals surface area contributed by atoms with Crippen LogP contribution in [0, 0.1) is 6.92 Å². The zero-order chi connectivity index (χ0) is 12.3. The molecule has 0 spiro atoms. The molecule has 0 aliphatic rings. The fourth-order valence-electron chi connectivity index (χ4n) is 1.75. The first-order valence-electron chi connectivity index (χ1n) is 5.69. The summed E-state index contributed by atoms with van der Waals surface area (Å²) < 4.78 is 1.82. The molecule has 0 amide bonds. The van der Waals surface area contributed by atoms with Gasteiger partial charge in [0, 0.05) is 24.5 Å². The van der Waals surface area contributed by atoms with Gasteiger partial charge in [0.05, 0.1) is 11.0 Å². The van der Waals surface area contributed by atoms with E-state index >= 15 is 0 Å². The molecule has 1 atom stereocenters. The Morgan fingerprint density at radius 3 is 2.82 bits per heavy atom. The minimum absolute atomic E-state index is 0.272. The standard InChI is InChI=1S/C11H17N5S/c1-4-12-9(10-6-13-8(2)17-10)5-11-14-7-15-16(11)3/h6-7,9,12H,4-5H2,1-3H3. The van der Waals surface area contributed by atoms with Crippen molar-refractivity contribution in [3.8, 4) is 0 Å². The molecule has 0 aliphatic carbocycles. The number of hydrogen-bond donors (Lipinski definition) is 1. The largest absolute Gasteiger partial charge is 0.309 e. The van der Waals surface area contributed by atoms with E-state index in [0.29, 0.717) is 0 Å². The van der Waals surface area contributed by atoms with E-state index < -0.39 is 0 Å². The lowest BCUT2D eigenvalue weighted by atomic mass is 10.1. The molecule has 92 valence electrons. The van der Waals surface area contributed by atoms with Gasteiger partial charge in [-0.1, -0.05) is 6.92 Å². The number of hydrogen-bond acceptors (Lipinski definition) is 5. The molecule has 5 nitrogen and oxygen atoms in total. The molecule has 1 unspecified atom stereocenters. The maximum atomic E-state index is 4.31. The monoisotopic (exact) mass is 251 g/mol. The van der Waals surface area contributed by atoms with E-state index in [-0.39, 0.29) is 6.04 Å². The molecule has 0 fully saturated rings. The normalized spacial score (nSPS) is 12.9. The van der Waals surface area contributed by atoms with E-state index in [1.54, 1.807) is 17.7 Å². The van der Waals surface area contributed by atoms with Gasteiger partial charge in [0.15, 0.2) is 0 Å². The van der Waals surface area contributed by atoms with Crippen molar-refractivity contribution in [3.63, 3.8) is 0 Å². The molecule has 17 heavy (non-hydrogen) atoms. The predicted octanol–water partition coefficient (Wildman–Crippen LogP) is 1.47. The minimum Gasteiger partial charge on any atom is -0.309 e. The van der Waals surface area contributed by atoms with Gasteiger partial charge in [-0.2, -0.15) is 5.10 Å². The van der Waals surface area contributed by atoms with Crippen LogP contribution in [0.15, 0.2) is 12.5 Å². The smallest absolute Gasteiger partial charge is 0.138 e. The SMILES string of the molecule is CCNC(Cc1ncnn1C)c1cnc(C)s1. The van der Waals surface area contributed by atoms with Crippen LogP contribution in [0.1, 0.15) is 28.7 Å². The minimum atomic E-state index is 0.272. The summed E-state index contributed by atoms with van der Waals surface area (Å²) in [6, 6.07) is 0.272. The van der Waals surface area contributed by atoms with E-state index in [9.17, 15) is 0 Å². The summed E-state index contributed by atoms with van der Waals surface area (Å²) in [4.78, 5) is 9.83. The molecule has 2 aromatic heterocycles. The van der Waals surface area contributed by atoms with Crippen molar-refractivity contribution in [1.29, 1.82) is 0 Å². The van der Waals surface area contributed by atoms with Crippen molar-refractivity contribution in [2.75, 3.05) is 6.54 Å². The van der Waals surface area contributed by atoms with Crippen LogP contribution in [0.5, 0.6) is 0 Å². The molecule has 6 heteroatoms. The Morgan fingerprint density at radius 2 is 2.29 bits per heavy atom. The highest BCUT2D eigenvalue weighted by Crippen LogP contribution is 2.23. The number of aromatic nitrogens is 4. The Kier molecular flexibility index (Phi) is 3.86. The lowest BCUT2D eigenvalue weighted by Crippen LogP contribution is -2.23. The van der Waals surface area contributed by atoms with Gasteiger partial charge in [-0.15, -0.1) is 11.3 Å². The van der Waals surface area contributed by atoms with Gasteiger partial charge in [-0.05, 0) is 13.5 Å². The quantitative estimate of drug-likeness (QED) is 0.874. The third kappa shape index (κ3) is 2.89. The highest BCUT2D eigenvalue weighted by molar-refractivity contribution is 7.11. The molecule has 0 aliphatic heterocycles. The molecule has 2 heterocycles. The number of thiazole rings is 1. The number of nitrogens with one attached hydrogen (secondary N) is 1. The molecule has 0 saturated carbocycles. The maximum absolute atomic E-state index is 4.31. The highest BCUT2D eigenvalue weighted by atomic mass is 32.1. The van der Waals surface area contributed by atoms with Crippen molar-refractivity contribution in [2.45, 2.75) is 26.3 Å². The summed E-state index contributed by atoms with van der Waals surface area (Å²) in [6.07, 6.45) is 4.38. The molecule has 0 saturated heterocycles. The zero-order valence-corrected chi connectivity index (χ0v) is 11.2. The van der Waals surface area contributed by atoms with Crippen molar-refractivity contribution in [2.24, 2.45) is 7.05 Å². The van der Waals surface area contributed by atoms with Crippen LogP contribution >= 0.6 is 11.3 Å². The van der Waals surface area contributed by atoms with E-state index in [1.807, 2.05) is 24.9 Å². The van der Waals surface area contributed by atoms with Gasteiger partial charge in [0.1, 0.15) is 12.2 Å². The number of nitrogens with zero attached hydrogens (tertiary/aromatic N) is 4. The Bertz CT molecular complexity index is 476. The van der Waals surface area contributed by atoms with Gasteiger partial charge < -0.3 is 5.32 Å². The molecule has 0 radical (unpaired) electrons. The van der Waals surface area contributed by atoms with Crippen LogP contribution in [0.3, 0.4) is 0 Å². The summed E-state index contributed by atoms with van der Waals surface area (Å²) in [7, 11) is 1.92.